The van der Waals surface area contributed by atoms with Crippen molar-refractivity contribution in [2.75, 3.05) is 11.1 Å². The number of aryl methyl sites for hydroxylation is 1. The number of hydrogen-bond donors (Lipinski definition) is 2. The van der Waals surface area contributed by atoms with Crippen LogP contribution in [0.1, 0.15) is 31.3 Å². The van der Waals surface area contributed by atoms with E-state index in [2.05, 4.69) is 36.3 Å². The summed E-state index contributed by atoms with van der Waals surface area (Å²) in [6, 6.07) is 5.29. The summed E-state index contributed by atoms with van der Waals surface area (Å²) in [4.78, 5) is 12.0. The first-order valence-corrected chi connectivity index (χ1v) is 8.62. The van der Waals surface area contributed by atoms with E-state index < -0.39 is 0 Å². The van der Waals surface area contributed by atoms with Gasteiger partial charge in [-0.05, 0) is 30.0 Å². The Bertz CT molecular complexity index is 678. The largest absolute Gasteiger partial charge is 0.506 e. The summed E-state index contributed by atoms with van der Waals surface area (Å²) < 4.78 is 0.764. The van der Waals surface area contributed by atoms with E-state index in [1.165, 1.54) is 23.1 Å². The van der Waals surface area contributed by atoms with E-state index in [9.17, 15) is 9.90 Å². The first-order valence-electron chi connectivity index (χ1n) is 6.82. The van der Waals surface area contributed by atoms with Gasteiger partial charge >= 0.3 is 0 Å². The van der Waals surface area contributed by atoms with E-state index >= 15 is 0 Å². The lowest BCUT2D eigenvalue weighted by Crippen LogP contribution is -2.16. The second kappa shape index (κ2) is 6.66. The van der Waals surface area contributed by atoms with Gasteiger partial charge in [0.05, 0.1) is 11.4 Å². The number of rotatable bonds is 4. The number of benzene rings is 1. The van der Waals surface area contributed by atoms with Crippen LogP contribution in [0.4, 0.5) is 5.69 Å². The fraction of sp³-hybridized carbons (Fsp3) is 0.400. The van der Waals surface area contributed by atoms with Gasteiger partial charge in [-0.1, -0.05) is 49.9 Å². The van der Waals surface area contributed by atoms with Gasteiger partial charge in [0.1, 0.15) is 10.8 Å². The fourth-order valence-electron chi connectivity index (χ4n) is 1.75. The summed E-state index contributed by atoms with van der Waals surface area (Å²) in [6.07, 6.45) is 0. The van der Waals surface area contributed by atoms with Crippen LogP contribution in [0.25, 0.3) is 0 Å². The van der Waals surface area contributed by atoms with Crippen LogP contribution in [-0.4, -0.2) is 27.0 Å². The minimum Gasteiger partial charge on any atom is -0.506 e. The van der Waals surface area contributed by atoms with Crippen LogP contribution in [0, 0.1) is 6.92 Å². The predicted molar refractivity (Wildman–Crippen MR) is 90.8 cm³/mol. The van der Waals surface area contributed by atoms with Gasteiger partial charge in [-0.15, -0.1) is 10.2 Å². The van der Waals surface area contributed by atoms with Crippen molar-refractivity contribution in [3.63, 3.8) is 0 Å². The number of phenolic OH excluding ortho intramolecular Hbond substituents is 1. The van der Waals surface area contributed by atoms with E-state index in [1.807, 2.05) is 19.1 Å². The van der Waals surface area contributed by atoms with Gasteiger partial charge in [-0.3, -0.25) is 4.79 Å². The maximum Gasteiger partial charge on any atom is 0.234 e. The molecule has 0 aliphatic heterocycles. The summed E-state index contributed by atoms with van der Waals surface area (Å²) in [7, 11) is 0. The third kappa shape index (κ3) is 4.45. The van der Waals surface area contributed by atoms with E-state index in [4.69, 9.17) is 0 Å². The molecule has 0 fully saturated rings. The van der Waals surface area contributed by atoms with Gasteiger partial charge in [0.2, 0.25) is 5.91 Å². The molecule has 118 valence electrons. The molecule has 0 bridgehead atoms. The number of aromatic hydroxyl groups is 1. The van der Waals surface area contributed by atoms with Crippen molar-refractivity contribution in [1.82, 2.24) is 10.2 Å². The molecule has 0 saturated heterocycles. The lowest BCUT2D eigenvalue weighted by Gasteiger charge is -2.20. The van der Waals surface area contributed by atoms with Crippen molar-refractivity contribution in [2.24, 2.45) is 0 Å². The van der Waals surface area contributed by atoms with E-state index in [0.717, 1.165) is 14.9 Å². The molecule has 0 atom stereocenters. The van der Waals surface area contributed by atoms with Gasteiger partial charge in [0.15, 0.2) is 4.34 Å². The summed E-state index contributed by atoms with van der Waals surface area (Å²) in [5, 5.41) is 21.4. The normalized spacial score (nSPS) is 11.5. The number of nitrogens with zero attached hydrogens (tertiary/aromatic N) is 2. The lowest BCUT2D eigenvalue weighted by atomic mass is 9.87. The molecule has 2 N–H and O–H groups in total. The van der Waals surface area contributed by atoms with Crippen LogP contribution in [0.3, 0.4) is 0 Å². The summed E-state index contributed by atoms with van der Waals surface area (Å²) in [6.45, 7) is 8.12. The SMILES string of the molecule is Cc1nnc(SCC(=O)Nc2cc(C(C)(C)C)ccc2O)s1. The number of phenols is 1. The molecule has 1 heterocycles. The number of hydrogen-bond acceptors (Lipinski definition) is 6. The minimum atomic E-state index is -0.181. The summed E-state index contributed by atoms with van der Waals surface area (Å²) in [5.41, 5.74) is 1.44. The third-order valence-corrected chi connectivity index (χ3v) is 4.94. The zero-order valence-electron chi connectivity index (χ0n) is 13.0. The third-order valence-electron chi connectivity index (χ3n) is 2.97. The zero-order valence-corrected chi connectivity index (χ0v) is 14.6. The lowest BCUT2D eigenvalue weighted by molar-refractivity contribution is -0.113. The molecule has 0 unspecified atom stereocenters. The second-order valence-electron chi connectivity index (χ2n) is 5.91. The molecule has 5 nitrogen and oxygen atoms in total. The Morgan fingerprint density at radius 2 is 2.09 bits per heavy atom. The highest BCUT2D eigenvalue weighted by molar-refractivity contribution is 8.01. The van der Waals surface area contributed by atoms with Crippen LogP contribution in [0.5, 0.6) is 5.75 Å². The van der Waals surface area contributed by atoms with Crippen LogP contribution >= 0.6 is 23.1 Å². The quantitative estimate of drug-likeness (QED) is 0.659. The van der Waals surface area contributed by atoms with Crippen molar-refractivity contribution in [1.29, 1.82) is 0 Å². The van der Waals surface area contributed by atoms with Crippen molar-refractivity contribution in [3.05, 3.63) is 28.8 Å². The van der Waals surface area contributed by atoms with Crippen LogP contribution in [0.15, 0.2) is 22.5 Å². The Labute approximate surface area is 138 Å². The zero-order chi connectivity index (χ0) is 16.3. The standard InChI is InChI=1S/C15H19N3O2S2/c1-9-17-18-14(22-9)21-8-13(20)16-11-7-10(15(2,3)4)5-6-12(11)19/h5-7,19H,8H2,1-4H3,(H,16,20). The molecular formula is C15H19N3O2S2. The Hall–Kier alpha value is -1.60. The van der Waals surface area contributed by atoms with Crippen molar-refractivity contribution >= 4 is 34.7 Å². The number of carbonyl (C=O) groups is 1. The molecule has 1 aromatic heterocycles. The number of carbonyl (C=O) groups excluding carboxylic acids is 1. The Balaban J connectivity index is 2.01. The Kier molecular flexibility index (Phi) is 5.08. The van der Waals surface area contributed by atoms with E-state index in [0.29, 0.717) is 5.69 Å². The monoisotopic (exact) mass is 337 g/mol. The highest BCUT2D eigenvalue weighted by Gasteiger charge is 2.16. The van der Waals surface area contributed by atoms with Crippen LogP contribution in [0.2, 0.25) is 0 Å². The molecule has 2 rings (SSSR count). The van der Waals surface area contributed by atoms with Crippen LogP contribution < -0.4 is 5.32 Å². The molecule has 22 heavy (non-hydrogen) atoms. The summed E-state index contributed by atoms with van der Waals surface area (Å²) in [5.74, 6) is 0.116. The number of thioether (sulfide) groups is 1. The predicted octanol–water partition coefficient (Wildman–Crippen LogP) is 3.58. The molecule has 2 aromatic rings. The highest BCUT2D eigenvalue weighted by Crippen LogP contribution is 2.31. The minimum absolute atomic E-state index is 0.0496. The average Bonchev–Trinajstić information content (AvgIpc) is 2.83. The topological polar surface area (TPSA) is 75.1 Å². The van der Waals surface area contributed by atoms with Crippen molar-refractivity contribution in [3.8, 4) is 5.75 Å². The number of nitrogens with one attached hydrogen (secondary N) is 1. The van der Waals surface area contributed by atoms with Crippen molar-refractivity contribution < 1.29 is 9.90 Å². The molecule has 1 amide bonds. The van der Waals surface area contributed by atoms with Gasteiger partial charge in [-0.25, -0.2) is 0 Å². The smallest absolute Gasteiger partial charge is 0.234 e. The first kappa shape index (κ1) is 16.8. The number of anilines is 1. The van der Waals surface area contributed by atoms with Gasteiger partial charge < -0.3 is 10.4 Å². The average molecular weight is 337 g/mol. The maximum atomic E-state index is 12.0. The van der Waals surface area contributed by atoms with Gasteiger partial charge in [0.25, 0.3) is 0 Å². The van der Waals surface area contributed by atoms with Gasteiger partial charge in [-0.2, -0.15) is 0 Å². The fourth-order valence-corrected chi connectivity index (χ4v) is 3.37. The first-order chi connectivity index (χ1) is 10.3. The second-order valence-corrected chi connectivity index (χ2v) is 8.31. The number of aromatic nitrogens is 2. The molecule has 1 aromatic carbocycles. The van der Waals surface area contributed by atoms with Crippen LogP contribution in [-0.2, 0) is 10.2 Å². The highest BCUT2D eigenvalue weighted by atomic mass is 32.2. The molecular weight excluding hydrogens is 318 g/mol. The molecule has 0 spiro atoms. The van der Waals surface area contributed by atoms with E-state index in [-0.39, 0.29) is 22.8 Å². The molecule has 7 heteroatoms. The summed E-state index contributed by atoms with van der Waals surface area (Å²) >= 11 is 2.79. The Morgan fingerprint density at radius 3 is 2.68 bits per heavy atom. The van der Waals surface area contributed by atoms with Gasteiger partial charge in [0, 0.05) is 0 Å². The molecule has 0 aliphatic carbocycles. The van der Waals surface area contributed by atoms with E-state index in [1.54, 1.807) is 6.07 Å². The Morgan fingerprint density at radius 1 is 1.36 bits per heavy atom. The number of amides is 1. The van der Waals surface area contributed by atoms with Crippen molar-refractivity contribution in [2.45, 2.75) is 37.4 Å². The molecule has 0 saturated carbocycles. The molecule has 0 radical (unpaired) electrons. The maximum absolute atomic E-state index is 12.0. The molecule has 0 aliphatic rings.